The summed E-state index contributed by atoms with van der Waals surface area (Å²) in [6, 6.07) is 8.60. The van der Waals surface area contributed by atoms with Gasteiger partial charge in [-0.15, -0.1) is 11.3 Å². The number of carbonyl (C=O) groups excluding carboxylic acids is 2. The number of nitrogens with one attached hydrogen (secondary N) is 1. The quantitative estimate of drug-likeness (QED) is 0.526. The second-order valence-corrected chi connectivity index (χ2v) is 7.26. The molecule has 0 atom stereocenters. The van der Waals surface area contributed by atoms with Crippen molar-refractivity contribution in [3.63, 3.8) is 0 Å². The molecule has 1 aromatic carbocycles. The van der Waals surface area contributed by atoms with Gasteiger partial charge in [-0.1, -0.05) is 11.6 Å². The Hall–Kier alpha value is -3.17. The Morgan fingerprint density at radius 3 is 2.63 bits per heavy atom. The molecule has 0 aliphatic carbocycles. The van der Waals surface area contributed by atoms with Crippen LogP contribution in [0.3, 0.4) is 0 Å². The van der Waals surface area contributed by atoms with Crippen LogP contribution in [0.5, 0.6) is 11.5 Å². The third-order valence-corrected chi connectivity index (χ3v) is 5.03. The highest BCUT2D eigenvalue weighted by atomic mass is 35.5. The van der Waals surface area contributed by atoms with E-state index in [-0.39, 0.29) is 6.42 Å². The number of carbonyl (C=O) groups is 2. The maximum atomic E-state index is 12.0. The fraction of sp³-hybridized carbons (Fsp3) is 0.200. The molecule has 0 unspecified atom stereocenters. The number of pyridine rings is 1. The first-order chi connectivity index (χ1) is 14.5. The molecule has 2 heterocycles. The number of rotatable bonds is 8. The molecule has 2 aromatic heterocycles. The summed E-state index contributed by atoms with van der Waals surface area (Å²) < 4.78 is 15.5. The van der Waals surface area contributed by atoms with E-state index < -0.39 is 18.5 Å². The first-order valence-electron chi connectivity index (χ1n) is 8.72. The smallest absolute Gasteiger partial charge is 0.312 e. The zero-order valence-corrected chi connectivity index (χ0v) is 17.7. The van der Waals surface area contributed by atoms with Gasteiger partial charge in [0.25, 0.3) is 5.91 Å². The Balaban J connectivity index is 1.53. The van der Waals surface area contributed by atoms with Crippen LogP contribution in [0.2, 0.25) is 5.02 Å². The largest absolute Gasteiger partial charge is 0.493 e. The zero-order chi connectivity index (χ0) is 21.5. The summed E-state index contributed by atoms with van der Waals surface area (Å²) in [5, 5.41) is 5.46. The topological polar surface area (TPSA) is 99.6 Å². The van der Waals surface area contributed by atoms with Crippen LogP contribution >= 0.6 is 22.9 Å². The molecular weight excluding hydrogens is 430 g/mol. The normalized spacial score (nSPS) is 10.4. The van der Waals surface area contributed by atoms with Gasteiger partial charge in [0.15, 0.2) is 18.1 Å². The van der Waals surface area contributed by atoms with Gasteiger partial charge >= 0.3 is 5.97 Å². The Morgan fingerprint density at radius 2 is 1.93 bits per heavy atom. The molecule has 0 spiro atoms. The minimum Gasteiger partial charge on any atom is -0.493 e. The van der Waals surface area contributed by atoms with E-state index in [9.17, 15) is 9.59 Å². The van der Waals surface area contributed by atoms with Gasteiger partial charge in [-0.3, -0.25) is 9.59 Å². The average Bonchev–Trinajstić information content (AvgIpc) is 3.21. The fourth-order valence-corrected chi connectivity index (χ4v) is 3.39. The second-order valence-electron chi connectivity index (χ2n) is 5.96. The van der Waals surface area contributed by atoms with E-state index in [2.05, 4.69) is 15.3 Å². The van der Waals surface area contributed by atoms with Crippen molar-refractivity contribution in [3.05, 3.63) is 52.6 Å². The number of thiazole rings is 1. The molecule has 1 N–H and O–H groups in total. The highest BCUT2D eigenvalue weighted by Gasteiger charge is 2.14. The number of hydrogen-bond donors (Lipinski definition) is 1. The van der Waals surface area contributed by atoms with Crippen LogP contribution in [-0.2, 0) is 20.7 Å². The van der Waals surface area contributed by atoms with Crippen LogP contribution in [0, 0.1) is 0 Å². The van der Waals surface area contributed by atoms with Crippen LogP contribution in [0.4, 0.5) is 5.82 Å². The third-order valence-electron chi connectivity index (χ3n) is 3.87. The number of anilines is 1. The van der Waals surface area contributed by atoms with Crippen LogP contribution in [0.15, 0.2) is 41.9 Å². The van der Waals surface area contributed by atoms with E-state index in [0.717, 1.165) is 10.6 Å². The lowest BCUT2D eigenvalue weighted by molar-refractivity contribution is -0.146. The maximum absolute atomic E-state index is 12.0. The van der Waals surface area contributed by atoms with E-state index in [4.69, 9.17) is 25.8 Å². The standard InChI is InChI=1S/C20H18ClN3O5S/c1-27-15-5-3-12(7-16(15)28-2)20-23-14(11-30-20)8-19(26)29-10-18(25)24-17-6-4-13(21)9-22-17/h3-7,9,11H,8,10H2,1-2H3,(H,22,24,25). The molecule has 0 radical (unpaired) electrons. The highest BCUT2D eigenvalue weighted by Crippen LogP contribution is 2.33. The van der Waals surface area contributed by atoms with E-state index in [1.165, 1.54) is 17.5 Å². The second kappa shape index (κ2) is 10.0. The van der Waals surface area contributed by atoms with E-state index in [1.807, 2.05) is 12.1 Å². The number of halogens is 1. The Labute approximate surface area is 181 Å². The molecule has 8 nitrogen and oxygen atoms in total. The van der Waals surface area contributed by atoms with Gasteiger partial charge in [-0.05, 0) is 30.3 Å². The number of benzene rings is 1. The number of aromatic nitrogens is 2. The molecule has 0 aliphatic heterocycles. The van der Waals surface area contributed by atoms with Crippen molar-refractivity contribution in [2.75, 3.05) is 26.1 Å². The molecule has 156 valence electrons. The minimum absolute atomic E-state index is 0.0454. The molecule has 1 amide bonds. The summed E-state index contributed by atoms with van der Waals surface area (Å²) >= 11 is 7.13. The van der Waals surface area contributed by atoms with Crippen molar-refractivity contribution in [2.24, 2.45) is 0 Å². The van der Waals surface area contributed by atoms with Crippen LogP contribution in [-0.4, -0.2) is 42.7 Å². The van der Waals surface area contributed by atoms with Gasteiger partial charge in [0.1, 0.15) is 10.8 Å². The molecule has 3 aromatic rings. The van der Waals surface area contributed by atoms with Gasteiger partial charge in [0.05, 0.1) is 31.4 Å². The maximum Gasteiger partial charge on any atom is 0.312 e. The summed E-state index contributed by atoms with van der Waals surface area (Å²) in [5.41, 5.74) is 1.39. The van der Waals surface area contributed by atoms with Gasteiger partial charge in [-0.2, -0.15) is 0 Å². The van der Waals surface area contributed by atoms with E-state index in [0.29, 0.717) is 28.0 Å². The van der Waals surface area contributed by atoms with Crippen LogP contribution < -0.4 is 14.8 Å². The molecule has 0 aliphatic rings. The highest BCUT2D eigenvalue weighted by molar-refractivity contribution is 7.13. The molecular formula is C20H18ClN3O5S. The van der Waals surface area contributed by atoms with Gasteiger partial charge < -0.3 is 19.5 Å². The number of hydrogen-bond acceptors (Lipinski definition) is 8. The molecule has 0 bridgehead atoms. The summed E-state index contributed by atoms with van der Waals surface area (Å²) in [7, 11) is 3.13. The van der Waals surface area contributed by atoms with Crippen molar-refractivity contribution in [3.8, 4) is 22.1 Å². The lowest BCUT2D eigenvalue weighted by Crippen LogP contribution is -2.22. The monoisotopic (exact) mass is 447 g/mol. The molecule has 30 heavy (non-hydrogen) atoms. The Kier molecular flexibility index (Phi) is 7.21. The number of amides is 1. The molecule has 0 saturated carbocycles. The minimum atomic E-state index is -0.557. The molecule has 0 saturated heterocycles. The predicted octanol–water partition coefficient (Wildman–Crippen LogP) is 3.60. The van der Waals surface area contributed by atoms with Gasteiger partial charge in [-0.25, -0.2) is 9.97 Å². The van der Waals surface area contributed by atoms with Crippen molar-refractivity contribution < 1.29 is 23.8 Å². The lowest BCUT2D eigenvalue weighted by Gasteiger charge is -2.08. The van der Waals surface area contributed by atoms with Crippen molar-refractivity contribution in [1.82, 2.24) is 9.97 Å². The van der Waals surface area contributed by atoms with Crippen molar-refractivity contribution >= 4 is 40.6 Å². The van der Waals surface area contributed by atoms with Gasteiger partial charge in [0, 0.05) is 17.1 Å². The number of nitrogens with zero attached hydrogens (tertiary/aromatic N) is 2. The summed E-state index contributed by atoms with van der Waals surface area (Å²) in [4.78, 5) is 32.3. The first kappa shape index (κ1) is 21.5. The zero-order valence-electron chi connectivity index (χ0n) is 16.2. The molecule has 10 heteroatoms. The first-order valence-corrected chi connectivity index (χ1v) is 9.98. The van der Waals surface area contributed by atoms with Crippen molar-refractivity contribution in [1.29, 1.82) is 0 Å². The Morgan fingerprint density at radius 1 is 1.13 bits per heavy atom. The summed E-state index contributed by atoms with van der Waals surface area (Å²) in [6.45, 7) is -0.421. The predicted molar refractivity (Wildman–Crippen MR) is 113 cm³/mol. The SMILES string of the molecule is COc1ccc(-c2nc(CC(=O)OCC(=O)Nc3ccc(Cl)cn3)cs2)cc1OC. The van der Waals surface area contributed by atoms with Crippen LogP contribution in [0.25, 0.3) is 10.6 Å². The average molecular weight is 448 g/mol. The lowest BCUT2D eigenvalue weighted by atomic mass is 10.2. The number of methoxy groups -OCH3 is 2. The molecule has 0 fully saturated rings. The fourth-order valence-electron chi connectivity index (χ4n) is 2.46. The number of ether oxygens (including phenoxy) is 3. The third kappa shape index (κ3) is 5.68. The van der Waals surface area contributed by atoms with E-state index >= 15 is 0 Å². The molecule has 3 rings (SSSR count). The summed E-state index contributed by atoms with van der Waals surface area (Å²) in [6.07, 6.45) is 1.36. The Bertz CT molecular complexity index is 1040. The van der Waals surface area contributed by atoms with E-state index in [1.54, 1.807) is 37.8 Å². The summed E-state index contributed by atoms with van der Waals surface area (Å²) in [5.74, 6) is 0.474. The van der Waals surface area contributed by atoms with Gasteiger partial charge in [0.2, 0.25) is 0 Å². The van der Waals surface area contributed by atoms with Crippen LogP contribution in [0.1, 0.15) is 5.69 Å². The van der Waals surface area contributed by atoms with Crippen molar-refractivity contribution in [2.45, 2.75) is 6.42 Å². The number of esters is 1.